The normalized spacial score (nSPS) is 11.5. The number of aldehydes is 1. The summed E-state index contributed by atoms with van der Waals surface area (Å²) in [5.74, 6) is 0. The lowest BCUT2D eigenvalue weighted by Crippen LogP contribution is -1.84. The lowest BCUT2D eigenvalue weighted by Gasteiger charge is -2.01. The second-order valence-corrected chi connectivity index (χ2v) is 3.61. The van der Waals surface area contributed by atoms with Crippen LogP contribution in [0.3, 0.4) is 0 Å². The van der Waals surface area contributed by atoms with Crippen molar-refractivity contribution < 1.29 is 4.79 Å². The average molecular weight is 188 g/mol. The Kier molecular flexibility index (Phi) is 3.63. The summed E-state index contributed by atoms with van der Waals surface area (Å²) in [7, 11) is 0. The van der Waals surface area contributed by atoms with Crippen LogP contribution >= 0.6 is 0 Å². The Balaban J connectivity index is 3.07. The van der Waals surface area contributed by atoms with Gasteiger partial charge in [-0.2, -0.15) is 0 Å². The molecule has 1 nitrogen and oxygen atoms in total. The van der Waals surface area contributed by atoms with Crippen LogP contribution in [0.2, 0.25) is 0 Å². The summed E-state index contributed by atoms with van der Waals surface area (Å²) in [5, 5.41) is 0. The van der Waals surface area contributed by atoms with E-state index in [2.05, 4.69) is 32.0 Å². The fourth-order valence-corrected chi connectivity index (χ4v) is 1.53. The molecule has 0 aliphatic rings. The zero-order chi connectivity index (χ0) is 10.6. The molecule has 0 aliphatic carbocycles. The Bertz CT molecular complexity index is 341. The Labute approximate surface area is 85.5 Å². The van der Waals surface area contributed by atoms with Crippen LogP contribution in [0.15, 0.2) is 23.8 Å². The molecule has 0 fully saturated rings. The highest BCUT2D eigenvalue weighted by atomic mass is 16.1. The fourth-order valence-electron chi connectivity index (χ4n) is 1.53. The van der Waals surface area contributed by atoms with E-state index in [1.165, 1.54) is 11.1 Å². The second-order valence-electron chi connectivity index (χ2n) is 3.61. The molecule has 0 bridgehead atoms. The van der Waals surface area contributed by atoms with E-state index >= 15 is 0 Å². The standard InChI is InChI=1S/C13H16O/c1-4-12(9-14)8-13-6-10(2)5-11(3)7-13/h5-9H,4H2,1-3H3/b12-8-. The number of rotatable bonds is 3. The van der Waals surface area contributed by atoms with E-state index in [1.54, 1.807) is 0 Å². The minimum atomic E-state index is 0.788. The minimum absolute atomic E-state index is 0.788. The van der Waals surface area contributed by atoms with Crippen molar-refractivity contribution in [3.63, 3.8) is 0 Å². The van der Waals surface area contributed by atoms with Crippen molar-refractivity contribution in [1.29, 1.82) is 0 Å². The van der Waals surface area contributed by atoms with Crippen LogP contribution in [0.5, 0.6) is 0 Å². The van der Waals surface area contributed by atoms with E-state index in [0.29, 0.717) is 0 Å². The van der Waals surface area contributed by atoms with E-state index in [4.69, 9.17) is 0 Å². The van der Waals surface area contributed by atoms with E-state index in [-0.39, 0.29) is 0 Å². The van der Waals surface area contributed by atoms with Crippen molar-refractivity contribution in [2.24, 2.45) is 0 Å². The molecule has 0 N–H and O–H groups in total. The molecule has 1 rings (SSSR count). The maximum atomic E-state index is 10.6. The third-order valence-corrected chi connectivity index (χ3v) is 2.16. The van der Waals surface area contributed by atoms with Crippen LogP contribution in [-0.4, -0.2) is 6.29 Å². The molecule has 0 atom stereocenters. The molecule has 0 spiro atoms. The zero-order valence-corrected chi connectivity index (χ0v) is 9.00. The van der Waals surface area contributed by atoms with Gasteiger partial charge in [0, 0.05) is 0 Å². The average Bonchev–Trinajstić information content (AvgIpc) is 2.12. The third-order valence-electron chi connectivity index (χ3n) is 2.16. The van der Waals surface area contributed by atoms with Crippen LogP contribution in [0.1, 0.15) is 30.0 Å². The van der Waals surface area contributed by atoms with Gasteiger partial charge in [-0.15, -0.1) is 0 Å². The molecular weight excluding hydrogens is 172 g/mol. The first-order valence-electron chi connectivity index (χ1n) is 4.89. The lowest BCUT2D eigenvalue weighted by atomic mass is 10.0. The molecule has 74 valence electrons. The second kappa shape index (κ2) is 4.75. The van der Waals surface area contributed by atoms with Gasteiger partial charge in [0.15, 0.2) is 0 Å². The molecule has 0 aliphatic heterocycles. The summed E-state index contributed by atoms with van der Waals surface area (Å²) in [4.78, 5) is 10.6. The molecule has 1 aromatic rings. The van der Waals surface area contributed by atoms with Crippen molar-refractivity contribution in [2.45, 2.75) is 27.2 Å². The van der Waals surface area contributed by atoms with Crippen LogP contribution in [-0.2, 0) is 4.79 Å². The molecule has 0 aromatic heterocycles. The summed E-state index contributed by atoms with van der Waals surface area (Å²) in [6.07, 6.45) is 3.67. The van der Waals surface area contributed by atoms with Crippen LogP contribution < -0.4 is 0 Å². The first-order chi connectivity index (χ1) is 6.65. The molecule has 0 radical (unpaired) electrons. The number of allylic oxidation sites excluding steroid dienone is 1. The van der Waals surface area contributed by atoms with Gasteiger partial charge in [0.2, 0.25) is 0 Å². The highest BCUT2D eigenvalue weighted by molar-refractivity contribution is 5.81. The van der Waals surface area contributed by atoms with E-state index in [9.17, 15) is 4.79 Å². The van der Waals surface area contributed by atoms with E-state index < -0.39 is 0 Å². The van der Waals surface area contributed by atoms with Crippen molar-refractivity contribution in [3.8, 4) is 0 Å². The van der Waals surface area contributed by atoms with Crippen LogP contribution in [0, 0.1) is 13.8 Å². The predicted molar refractivity (Wildman–Crippen MR) is 60.2 cm³/mol. The van der Waals surface area contributed by atoms with Gasteiger partial charge in [0.05, 0.1) is 0 Å². The van der Waals surface area contributed by atoms with Gasteiger partial charge in [-0.25, -0.2) is 0 Å². The molecule has 0 saturated carbocycles. The first-order valence-corrected chi connectivity index (χ1v) is 4.89. The Morgan fingerprint density at radius 2 is 1.79 bits per heavy atom. The Hall–Kier alpha value is -1.37. The Morgan fingerprint density at radius 3 is 2.21 bits per heavy atom. The molecule has 0 unspecified atom stereocenters. The van der Waals surface area contributed by atoms with Crippen LogP contribution in [0.4, 0.5) is 0 Å². The molecule has 14 heavy (non-hydrogen) atoms. The summed E-state index contributed by atoms with van der Waals surface area (Å²) >= 11 is 0. The van der Waals surface area contributed by atoms with Gasteiger partial charge < -0.3 is 0 Å². The monoisotopic (exact) mass is 188 g/mol. The SMILES string of the molecule is CC/C(C=O)=C/c1cc(C)cc(C)c1. The van der Waals surface area contributed by atoms with Gasteiger partial charge >= 0.3 is 0 Å². The molecular formula is C13H16O. The number of hydrogen-bond acceptors (Lipinski definition) is 1. The Morgan fingerprint density at radius 1 is 1.21 bits per heavy atom. The summed E-state index contributed by atoms with van der Waals surface area (Å²) in [6.45, 7) is 6.12. The lowest BCUT2D eigenvalue weighted by molar-refractivity contribution is -0.104. The number of hydrogen-bond donors (Lipinski definition) is 0. The number of aryl methyl sites for hydroxylation is 2. The summed E-state index contributed by atoms with van der Waals surface area (Å²) in [6, 6.07) is 6.31. The van der Waals surface area contributed by atoms with Crippen molar-refractivity contribution >= 4 is 12.4 Å². The third kappa shape index (κ3) is 2.84. The topological polar surface area (TPSA) is 17.1 Å². The molecule has 0 saturated heterocycles. The first kappa shape index (κ1) is 10.7. The fraction of sp³-hybridized carbons (Fsp3) is 0.308. The molecule has 1 heteroatoms. The molecule has 0 heterocycles. The van der Waals surface area contributed by atoms with Gasteiger partial charge in [0.25, 0.3) is 0 Å². The summed E-state index contributed by atoms with van der Waals surface area (Å²) in [5.41, 5.74) is 4.43. The van der Waals surface area contributed by atoms with Crippen molar-refractivity contribution in [3.05, 3.63) is 40.5 Å². The number of benzene rings is 1. The van der Waals surface area contributed by atoms with Gasteiger partial charge in [-0.05, 0) is 37.5 Å². The van der Waals surface area contributed by atoms with Gasteiger partial charge in [-0.3, -0.25) is 4.79 Å². The van der Waals surface area contributed by atoms with Gasteiger partial charge in [0.1, 0.15) is 6.29 Å². The van der Waals surface area contributed by atoms with E-state index in [1.807, 2.05) is 13.0 Å². The summed E-state index contributed by atoms with van der Waals surface area (Å²) < 4.78 is 0. The van der Waals surface area contributed by atoms with Crippen molar-refractivity contribution in [1.82, 2.24) is 0 Å². The zero-order valence-electron chi connectivity index (χ0n) is 9.00. The maximum Gasteiger partial charge on any atom is 0.146 e. The minimum Gasteiger partial charge on any atom is -0.298 e. The quantitative estimate of drug-likeness (QED) is 0.525. The predicted octanol–water partition coefficient (Wildman–Crippen LogP) is 3.30. The largest absolute Gasteiger partial charge is 0.298 e. The number of carbonyl (C=O) groups is 1. The molecule has 0 amide bonds. The van der Waals surface area contributed by atoms with Crippen LogP contribution in [0.25, 0.3) is 6.08 Å². The maximum absolute atomic E-state index is 10.6. The van der Waals surface area contributed by atoms with Crippen molar-refractivity contribution in [2.75, 3.05) is 0 Å². The van der Waals surface area contributed by atoms with E-state index in [0.717, 1.165) is 23.8 Å². The molecule has 1 aromatic carbocycles. The number of carbonyl (C=O) groups excluding carboxylic acids is 1. The smallest absolute Gasteiger partial charge is 0.146 e. The highest BCUT2D eigenvalue weighted by Crippen LogP contribution is 2.13. The highest BCUT2D eigenvalue weighted by Gasteiger charge is 1.95. The van der Waals surface area contributed by atoms with Gasteiger partial charge in [-0.1, -0.05) is 36.2 Å².